The topological polar surface area (TPSA) is 76.7 Å². The van der Waals surface area contributed by atoms with Crippen molar-refractivity contribution in [2.24, 2.45) is 0 Å². The number of rotatable bonds is 6. The number of thioether (sulfide) groups is 1. The van der Waals surface area contributed by atoms with Crippen LogP contribution in [0.15, 0.2) is 27.1 Å². The molecule has 0 aliphatic rings. The predicted molar refractivity (Wildman–Crippen MR) is 97.1 cm³/mol. The number of benzene rings is 1. The fourth-order valence-electron chi connectivity index (χ4n) is 1.95. The minimum Gasteiger partial charge on any atom is -0.338 e. The van der Waals surface area contributed by atoms with Gasteiger partial charge in [0.2, 0.25) is 11.0 Å². The Bertz CT molecular complexity index is 827. The Morgan fingerprint density at radius 1 is 1.21 bits per heavy atom. The second-order valence-corrected chi connectivity index (χ2v) is 7.99. The molecular weight excluding hydrogens is 342 g/mol. The van der Waals surface area contributed by atoms with Crippen LogP contribution in [0.3, 0.4) is 0 Å². The summed E-state index contributed by atoms with van der Waals surface area (Å²) < 4.78 is 6.10. The van der Waals surface area contributed by atoms with Crippen LogP contribution in [0, 0.1) is 13.8 Å². The van der Waals surface area contributed by atoms with Gasteiger partial charge in [-0.25, -0.2) is 0 Å². The summed E-state index contributed by atoms with van der Waals surface area (Å²) >= 11 is 3.05. The maximum Gasteiger partial charge on any atom is 0.237 e. The Morgan fingerprint density at radius 3 is 2.75 bits per heavy atom. The Morgan fingerprint density at radius 2 is 2.04 bits per heavy atom. The van der Waals surface area contributed by atoms with E-state index in [2.05, 4.69) is 51.6 Å². The molecule has 2 heterocycles. The number of aromatic nitrogens is 4. The van der Waals surface area contributed by atoms with E-state index in [0.29, 0.717) is 11.6 Å². The lowest BCUT2D eigenvalue weighted by molar-refractivity contribution is 0.383. The maximum absolute atomic E-state index is 5.23. The van der Waals surface area contributed by atoms with Crippen LogP contribution in [0.2, 0.25) is 0 Å². The van der Waals surface area contributed by atoms with Crippen LogP contribution in [-0.4, -0.2) is 20.3 Å². The van der Waals surface area contributed by atoms with Gasteiger partial charge in [-0.05, 0) is 37.1 Å². The van der Waals surface area contributed by atoms with Crippen LogP contribution in [0.1, 0.15) is 42.6 Å². The van der Waals surface area contributed by atoms with E-state index < -0.39 is 0 Å². The first kappa shape index (κ1) is 16.9. The van der Waals surface area contributed by atoms with Gasteiger partial charge in [0.1, 0.15) is 0 Å². The quantitative estimate of drug-likeness (QED) is 0.638. The fourth-order valence-corrected chi connectivity index (χ4v) is 3.56. The standard InChI is InChI=1S/C16H19N5OS2/c1-9(2)14-18-13(22-21-14)8-23-16-20-19-15(24-16)17-12-6-5-10(3)11(4)7-12/h5-7,9H,8H2,1-4H3,(H,17,19). The van der Waals surface area contributed by atoms with Gasteiger partial charge in [-0.15, -0.1) is 10.2 Å². The van der Waals surface area contributed by atoms with E-state index in [0.717, 1.165) is 21.0 Å². The molecule has 0 unspecified atom stereocenters. The number of hydrogen-bond donors (Lipinski definition) is 1. The summed E-state index contributed by atoms with van der Waals surface area (Å²) in [5.41, 5.74) is 3.54. The molecule has 3 rings (SSSR count). The van der Waals surface area contributed by atoms with E-state index in [4.69, 9.17) is 4.52 Å². The highest BCUT2D eigenvalue weighted by Gasteiger charge is 2.12. The number of nitrogens with zero attached hydrogens (tertiary/aromatic N) is 4. The van der Waals surface area contributed by atoms with Gasteiger partial charge in [-0.1, -0.05) is 48.2 Å². The van der Waals surface area contributed by atoms with Crippen molar-refractivity contribution in [1.82, 2.24) is 20.3 Å². The molecule has 0 aliphatic heterocycles. The van der Waals surface area contributed by atoms with Crippen molar-refractivity contribution in [3.05, 3.63) is 41.0 Å². The van der Waals surface area contributed by atoms with Gasteiger partial charge in [0.25, 0.3) is 0 Å². The molecule has 6 nitrogen and oxygen atoms in total. The fraction of sp³-hybridized carbons (Fsp3) is 0.375. The summed E-state index contributed by atoms with van der Waals surface area (Å²) in [4.78, 5) is 4.36. The molecule has 0 amide bonds. The molecule has 8 heteroatoms. The molecule has 126 valence electrons. The minimum atomic E-state index is 0.266. The summed E-state index contributed by atoms with van der Waals surface area (Å²) in [6.45, 7) is 8.27. The zero-order chi connectivity index (χ0) is 17.1. The molecule has 0 saturated carbocycles. The molecule has 0 saturated heterocycles. The van der Waals surface area contributed by atoms with E-state index in [1.165, 1.54) is 22.5 Å². The lowest BCUT2D eigenvalue weighted by atomic mass is 10.1. The van der Waals surface area contributed by atoms with Crippen molar-refractivity contribution < 1.29 is 4.52 Å². The molecule has 1 aromatic carbocycles. The zero-order valence-electron chi connectivity index (χ0n) is 14.0. The summed E-state index contributed by atoms with van der Waals surface area (Å²) in [6, 6.07) is 6.24. The summed E-state index contributed by atoms with van der Waals surface area (Å²) in [6.07, 6.45) is 0. The molecule has 3 aromatic rings. The number of anilines is 2. The highest BCUT2D eigenvalue weighted by Crippen LogP contribution is 2.30. The summed E-state index contributed by atoms with van der Waals surface area (Å²) in [7, 11) is 0. The third-order valence-corrected chi connectivity index (χ3v) is 5.44. The van der Waals surface area contributed by atoms with Crippen molar-refractivity contribution in [2.75, 3.05) is 5.32 Å². The third-order valence-electron chi connectivity index (χ3n) is 3.48. The van der Waals surface area contributed by atoms with Crippen molar-refractivity contribution in [1.29, 1.82) is 0 Å². The lowest BCUT2D eigenvalue weighted by Crippen LogP contribution is -1.91. The van der Waals surface area contributed by atoms with E-state index in [1.807, 2.05) is 19.9 Å². The molecule has 0 radical (unpaired) electrons. The summed E-state index contributed by atoms with van der Waals surface area (Å²) in [5.74, 6) is 2.21. The van der Waals surface area contributed by atoms with Crippen LogP contribution < -0.4 is 5.32 Å². The van der Waals surface area contributed by atoms with Gasteiger partial charge in [0, 0.05) is 11.6 Å². The van der Waals surface area contributed by atoms with Gasteiger partial charge in [-0.2, -0.15) is 4.98 Å². The largest absolute Gasteiger partial charge is 0.338 e. The first-order valence-corrected chi connectivity index (χ1v) is 9.44. The Balaban J connectivity index is 1.59. The molecule has 24 heavy (non-hydrogen) atoms. The highest BCUT2D eigenvalue weighted by molar-refractivity contribution is 8.00. The Kier molecular flexibility index (Phi) is 5.15. The molecule has 0 spiro atoms. The van der Waals surface area contributed by atoms with Crippen molar-refractivity contribution in [2.45, 2.75) is 43.7 Å². The SMILES string of the molecule is Cc1ccc(Nc2nnc(SCc3nc(C(C)C)no3)s2)cc1C. The van der Waals surface area contributed by atoms with Crippen LogP contribution in [0.25, 0.3) is 0 Å². The van der Waals surface area contributed by atoms with E-state index >= 15 is 0 Å². The summed E-state index contributed by atoms with van der Waals surface area (Å²) in [5, 5.41) is 16.4. The van der Waals surface area contributed by atoms with Gasteiger partial charge >= 0.3 is 0 Å². The Labute approximate surface area is 149 Å². The monoisotopic (exact) mass is 361 g/mol. The zero-order valence-corrected chi connectivity index (χ0v) is 15.7. The number of aryl methyl sites for hydroxylation is 2. The second-order valence-electron chi connectivity index (χ2n) is 5.79. The first-order valence-electron chi connectivity index (χ1n) is 7.64. The highest BCUT2D eigenvalue weighted by atomic mass is 32.2. The van der Waals surface area contributed by atoms with Crippen LogP contribution in [0.5, 0.6) is 0 Å². The van der Waals surface area contributed by atoms with Gasteiger partial charge in [0.05, 0.1) is 5.75 Å². The van der Waals surface area contributed by atoms with Crippen molar-refractivity contribution >= 4 is 33.9 Å². The van der Waals surface area contributed by atoms with Gasteiger partial charge < -0.3 is 9.84 Å². The average Bonchev–Trinajstić information content (AvgIpc) is 3.18. The van der Waals surface area contributed by atoms with Gasteiger partial charge in [-0.3, -0.25) is 0 Å². The van der Waals surface area contributed by atoms with Crippen molar-refractivity contribution in [3.8, 4) is 0 Å². The van der Waals surface area contributed by atoms with Gasteiger partial charge in [0.15, 0.2) is 10.2 Å². The Hall–Kier alpha value is -1.93. The second kappa shape index (κ2) is 7.31. The minimum absolute atomic E-state index is 0.266. The lowest BCUT2D eigenvalue weighted by Gasteiger charge is -2.05. The smallest absolute Gasteiger partial charge is 0.237 e. The molecule has 1 N–H and O–H groups in total. The number of hydrogen-bond acceptors (Lipinski definition) is 8. The molecule has 0 bridgehead atoms. The molecule has 0 fully saturated rings. The normalized spacial score (nSPS) is 11.2. The van der Waals surface area contributed by atoms with Crippen LogP contribution in [-0.2, 0) is 5.75 Å². The molecular formula is C16H19N5OS2. The molecule has 0 aliphatic carbocycles. The predicted octanol–water partition coefficient (Wildman–Crippen LogP) is 4.70. The molecule has 0 atom stereocenters. The van der Waals surface area contributed by atoms with E-state index in [1.54, 1.807) is 11.8 Å². The van der Waals surface area contributed by atoms with E-state index in [9.17, 15) is 0 Å². The maximum atomic E-state index is 5.23. The van der Waals surface area contributed by atoms with E-state index in [-0.39, 0.29) is 5.92 Å². The van der Waals surface area contributed by atoms with Crippen molar-refractivity contribution in [3.63, 3.8) is 0 Å². The van der Waals surface area contributed by atoms with Crippen LogP contribution >= 0.6 is 23.1 Å². The average molecular weight is 361 g/mol. The van der Waals surface area contributed by atoms with Crippen LogP contribution in [0.4, 0.5) is 10.8 Å². The first-order chi connectivity index (χ1) is 11.5. The third kappa shape index (κ3) is 4.12. The molecule has 2 aromatic heterocycles. The number of nitrogens with one attached hydrogen (secondary N) is 1.